The normalized spacial score (nSPS) is 14.8. The topological polar surface area (TPSA) is 84.9 Å². The highest BCUT2D eigenvalue weighted by Gasteiger charge is 2.37. The van der Waals surface area contributed by atoms with Gasteiger partial charge in [0.15, 0.2) is 0 Å². The standard InChI is InChI=1S/C26H20Cl2N2O5/c1-15-3-9-19(12-22(15)28)30-25(32)21(24(31)29-26(30)33)11-17-6-10-20(34-2)13-23(17)35-14-16-4-7-18(27)8-5-16/h3-13H,14H2,1-2H3,(H,29,31,33)/b21-11+. The number of methoxy groups -OCH3 is 1. The van der Waals surface area contributed by atoms with Crippen molar-refractivity contribution < 1.29 is 23.9 Å². The van der Waals surface area contributed by atoms with Gasteiger partial charge in [0.05, 0.1) is 12.8 Å². The molecule has 9 heteroatoms. The molecule has 3 aromatic carbocycles. The molecule has 1 N–H and O–H groups in total. The van der Waals surface area contributed by atoms with Crippen LogP contribution in [-0.2, 0) is 16.2 Å². The molecule has 35 heavy (non-hydrogen) atoms. The first-order valence-corrected chi connectivity index (χ1v) is 11.3. The van der Waals surface area contributed by atoms with Crippen molar-refractivity contribution in [1.29, 1.82) is 0 Å². The van der Waals surface area contributed by atoms with E-state index >= 15 is 0 Å². The number of barbiturate groups is 1. The third-order valence-electron chi connectivity index (χ3n) is 5.34. The Bertz CT molecular complexity index is 1350. The second kappa shape index (κ2) is 10.2. The fourth-order valence-electron chi connectivity index (χ4n) is 3.40. The first kappa shape index (κ1) is 24.3. The molecule has 1 fully saturated rings. The summed E-state index contributed by atoms with van der Waals surface area (Å²) in [4.78, 5) is 39.2. The number of amides is 4. The third-order valence-corrected chi connectivity index (χ3v) is 6.00. The molecule has 0 aliphatic carbocycles. The smallest absolute Gasteiger partial charge is 0.335 e. The van der Waals surface area contributed by atoms with Crippen LogP contribution in [0.4, 0.5) is 10.5 Å². The lowest BCUT2D eigenvalue weighted by atomic mass is 10.1. The van der Waals surface area contributed by atoms with E-state index in [9.17, 15) is 14.4 Å². The Hall–Kier alpha value is -3.81. The highest BCUT2D eigenvalue weighted by molar-refractivity contribution is 6.39. The van der Waals surface area contributed by atoms with Crippen molar-refractivity contribution in [2.45, 2.75) is 13.5 Å². The van der Waals surface area contributed by atoms with Crippen molar-refractivity contribution in [3.63, 3.8) is 0 Å². The molecule has 3 aromatic rings. The zero-order chi connectivity index (χ0) is 25.1. The van der Waals surface area contributed by atoms with Gasteiger partial charge >= 0.3 is 6.03 Å². The van der Waals surface area contributed by atoms with Crippen LogP contribution in [0.1, 0.15) is 16.7 Å². The number of hydrogen-bond acceptors (Lipinski definition) is 5. The summed E-state index contributed by atoms with van der Waals surface area (Å²) in [5, 5.41) is 3.20. The average Bonchev–Trinajstić information content (AvgIpc) is 2.84. The summed E-state index contributed by atoms with van der Waals surface area (Å²) in [5.41, 5.74) is 2.12. The summed E-state index contributed by atoms with van der Waals surface area (Å²) in [6, 6.07) is 16.1. The van der Waals surface area contributed by atoms with E-state index in [0.29, 0.717) is 27.1 Å². The minimum absolute atomic E-state index is 0.215. The van der Waals surface area contributed by atoms with Gasteiger partial charge in [-0.25, -0.2) is 9.69 Å². The van der Waals surface area contributed by atoms with Crippen LogP contribution >= 0.6 is 23.2 Å². The summed E-state index contributed by atoms with van der Waals surface area (Å²) in [6.45, 7) is 2.02. The van der Waals surface area contributed by atoms with Crippen LogP contribution in [0.3, 0.4) is 0 Å². The third kappa shape index (κ3) is 5.31. The first-order valence-electron chi connectivity index (χ1n) is 10.5. The van der Waals surface area contributed by atoms with E-state index in [-0.39, 0.29) is 17.9 Å². The largest absolute Gasteiger partial charge is 0.497 e. The predicted octanol–water partition coefficient (Wildman–Crippen LogP) is 5.56. The SMILES string of the molecule is COc1ccc(/C=C2\C(=O)NC(=O)N(c3ccc(C)c(Cl)c3)C2=O)c(OCc2ccc(Cl)cc2)c1. The van der Waals surface area contributed by atoms with Crippen LogP contribution in [-0.4, -0.2) is 25.0 Å². The molecule has 1 heterocycles. The average molecular weight is 511 g/mol. The molecule has 1 aliphatic heterocycles. The Kier molecular flexibility index (Phi) is 7.10. The number of carbonyl (C=O) groups is 3. The Morgan fingerprint density at radius 1 is 0.971 bits per heavy atom. The molecule has 0 unspecified atom stereocenters. The van der Waals surface area contributed by atoms with Crippen molar-refractivity contribution in [1.82, 2.24) is 5.32 Å². The van der Waals surface area contributed by atoms with Gasteiger partial charge in [-0.1, -0.05) is 41.4 Å². The number of anilines is 1. The van der Waals surface area contributed by atoms with Crippen LogP contribution in [0.15, 0.2) is 66.2 Å². The molecule has 0 aromatic heterocycles. The van der Waals surface area contributed by atoms with Gasteiger partial charge in [-0.3, -0.25) is 14.9 Å². The van der Waals surface area contributed by atoms with E-state index < -0.39 is 17.8 Å². The fourth-order valence-corrected chi connectivity index (χ4v) is 3.70. The fraction of sp³-hybridized carbons (Fsp3) is 0.115. The summed E-state index contributed by atoms with van der Waals surface area (Å²) < 4.78 is 11.3. The van der Waals surface area contributed by atoms with E-state index in [2.05, 4.69) is 5.32 Å². The van der Waals surface area contributed by atoms with E-state index in [1.54, 1.807) is 49.4 Å². The zero-order valence-electron chi connectivity index (χ0n) is 18.8. The molecule has 4 rings (SSSR count). The van der Waals surface area contributed by atoms with Gasteiger partial charge in [0.1, 0.15) is 23.7 Å². The van der Waals surface area contributed by atoms with Crippen LogP contribution in [0.25, 0.3) is 6.08 Å². The van der Waals surface area contributed by atoms with E-state index in [4.69, 9.17) is 32.7 Å². The van der Waals surface area contributed by atoms with Crippen molar-refractivity contribution in [3.8, 4) is 11.5 Å². The molecule has 1 aliphatic rings. The molecule has 178 valence electrons. The number of nitrogens with one attached hydrogen (secondary N) is 1. The van der Waals surface area contributed by atoms with Crippen molar-refractivity contribution >= 4 is 52.8 Å². The van der Waals surface area contributed by atoms with Gasteiger partial charge in [-0.05, 0) is 60.5 Å². The van der Waals surface area contributed by atoms with E-state index in [1.807, 2.05) is 12.1 Å². The second-order valence-corrected chi connectivity index (χ2v) is 8.55. The molecular formula is C26H20Cl2N2O5. The Morgan fingerprint density at radius 2 is 1.71 bits per heavy atom. The lowest BCUT2D eigenvalue weighted by molar-refractivity contribution is -0.122. The lowest BCUT2D eigenvalue weighted by Crippen LogP contribution is -2.54. The highest BCUT2D eigenvalue weighted by Crippen LogP contribution is 2.30. The summed E-state index contributed by atoms with van der Waals surface area (Å²) in [5.74, 6) is -0.676. The number of benzene rings is 3. The highest BCUT2D eigenvalue weighted by atomic mass is 35.5. The van der Waals surface area contributed by atoms with Gasteiger partial charge in [0, 0.05) is 21.7 Å². The maximum Gasteiger partial charge on any atom is 0.335 e. The Labute approximate surface area is 211 Å². The van der Waals surface area contributed by atoms with Crippen LogP contribution < -0.4 is 19.7 Å². The quantitative estimate of drug-likeness (QED) is 0.346. The summed E-state index contributed by atoms with van der Waals surface area (Å²) >= 11 is 12.1. The number of rotatable bonds is 6. The van der Waals surface area contributed by atoms with Crippen LogP contribution in [0.2, 0.25) is 10.0 Å². The minimum atomic E-state index is -0.856. The van der Waals surface area contributed by atoms with Gasteiger partial charge < -0.3 is 9.47 Å². The molecule has 7 nitrogen and oxygen atoms in total. The number of urea groups is 1. The minimum Gasteiger partial charge on any atom is -0.497 e. The summed E-state index contributed by atoms with van der Waals surface area (Å²) in [7, 11) is 1.52. The molecule has 0 bridgehead atoms. The first-order chi connectivity index (χ1) is 16.8. The van der Waals surface area contributed by atoms with E-state index in [1.165, 1.54) is 19.3 Å². The van der Waals surface area contributed by atoms with Gasteiger partial charge in [-0.15, -0.1) is 0 Å². The molecule has 1 saturated heterocycles. The van der Waals surface area contributed by atoms with Crippen molar-refractivity contribution in [3.05, 3.63) is 93.0 Å². The Morgan fingerprint density at radius 3 is 2.40 bits per heavy atom. The molecule has 0 radical (unpaired) electrons. The van der Waals surface area contributed by atoms with Gasteiger partial charge in [0.2, 0.25) is 0 Å². The molecule has 0 atom stereocenters. The molecule has 4 amide bonds. The number of imide groups is 2. The molecule has 0 saturated carbocycles. The molecule has 0 spiro atoms. The lowest BCUT2D eigenvalue weighted by Gasteiger charge is -2.26. The van der Waals surface area contributed by atoms with Crippen molar-refractivity contribution in [2.24, 2.45) is 0 Å². The van der Waals surface area contributed by atoms with Gasteiger partial charge in [0.25, 0.3) is 11.8 Å². The summed E-state index contributed by atoms with van der Waals surface area (Å²) in [6.07, 6.45) is 1.38. The van der Waals surface area contributed by atoms with Crippen molar-refractivity contribution in [2.75, 3.05) is 12.0 Å². The van der Waals surface area contributed by atoms with Gasteiger partial charge in [-0.2, -0.15) is 0 Å². The maximum absolute atomic E-state index is 13.2. The van der Waals surface area contributed by atoms with E-state index in [0.717, 1.165) is 16.0 Å². The van der Waals surface area contributed by atoms with Crippen LogP contribution in [0.5, 0.6) is 11.5 Å². The van der Waals surface area contributed by atoms with Crippen LogP contribution in [0, 0.1) is 6.92 Å². The number of carbonyl (C=O) groups excluding carboxylic acids is 3. The number of ether oxygens (including phenoxy) is 2. The predicted molar refractivity (Wildman–Crippen MR) is 134 cm³/mol. The molecular weight excluding hydrogens is 491 g/mol. The number of aryl methyl sites for hydroxylation is 1. The number of halogens is 2. The monoisotopic (exact) mass is 510 g/mol. The zero-order valence-corrected chi connectivity index (χ0v) is 20.3. The number of hydrogen-bond donors (Lipinski definition) is 1. The Balaban J connectivity index is 1.68. The maximum atomic E-state index is 13.2. The number of nitrogens with zero attached hydrogens (tertiary/aromatic N) is 1. The second-order valence-electron chi connectivity index (χ2n) is 7.71.